The Morgan fingerprint density at radius 3 is 2.51 bits per heavy atom. The van der Waals surface area contributed by atoms with E-state index in [1.165, 1.54) is 0 Å². The van der Waals surface area contributed by atoms with E-state index in [2.05, 4.69) is 0 Å². The minimum Gasteiger partial charge on any atom is -0.490 e. The molecular formula is C29H26O6. The summed E-state index contributed by atoms with van der Waals surface area (Å²) < 4.78 is 23.4. The van der Waals surface area contributed by atoms with Gasteiger partial charge in [-0.25, -0.2) is 4.79 Å². The summed E-state index contributed by atoms with van der Waals surface area (Å²) in [6, 6.07) is 17.7. The zero-order valence-corrected chi connectivity index (χ0v) is 19.8. The first kappa shape index (κ1) is 22.7. The largest absolute Gasteiger partial charge is 0.490 e. The van der Waals surface area contributed by atoms with Crippen LogP contribution in [0.5, 0.6) is 17.2 Å². The van der Waals surface area contributed by atoms with Crippen LogP contribution in [0.15, 0.2) is 69.9 Å². The Kier molecular flexibility index (Phi) is 6.27. The third-order valence-corrected chi connectivity index (χ3v) is 6.02. The second-order valence-corrected chi connectivity index (χ2v) is 8.54. The smallest absolute Gasteiger partial charge is 0.343 e. The van der Waals surface area contributed by atoms with E-state index >= 15 is 0 Å². The van der Waals surface area contributed by atoms with Crippen molar-refractivity contribution in [3.05, 3.63) is 87.8 Å². The van der Waals surface area contributed by atoms with Crippen LogP contribution in [0, 0.1) is 6.92 Å². The fourth-order valence-corrected chi connectivity index (χ4v) is 4.32. The van der Waals surface area contributed by atoms with Crippen molar-refractivity contribution in [1.29, 1.82) is 0 Å². The third-order valence-electron chi connectivity index (χ3n) is 6.02. The van der Waals surface area contributed by atoms with Crippen molar-refractivity contribution in [3.63, 3.8) is 0 Å². The zero-order valence-electron chi connectivity index (χ0n) is 19.8. The number of ether oxygens (including phenoxy) is 3. The molecule has 0 aliphatic carbocycles. The van der Waals surface area contributed by atoms with E-state index in [1.54, 1.807) is 43.3 Å². The van der Waals surface area contributed by atoms with Gasteiger partial charge in [-0.2, -0.15) is 0 Å². The lowest BCUT2D eigenvalue weighted by Crippen LogP contribution is -2.12. The van der Waals surface area contributed by atoms with Crippen molar-refractivity contribution in [2.45, 2.75) is 33.1 Å². The minimum atomic E-state index is -0.454. The van der Waals surface area contributed by atoms with Gasteiger partial charge in [0.1, 0.15) is 17.1 Å². The number of hydrogen-bond acceptors (Lipinski definition) is 6. The van der Waals surface area contributed by atoms with Crippen LogP contribution in [0.2, 0.25) is 0 Å². The molecule has 0 unspecified atom stereocenters. The molecule has 0 atom stereocenters. The van der Waals surface area contributed by atoms with Crippen LogP contribution < -0.4 is 19.6 Å². The zero-order chi connectivity index (χ0) is 24.4. The Bertz CT molecular complexity index is 1450. The Morgan fingerprint density at radius 2 is 1.74 bits per heavy atom. The van der Waals surface area contributed by atoms with Crippen LogP contribution >= 0.6 is 0 Å². The standard InChI is InChI=1S/C29H26O6/c1-3-8-20-15-22-25(17-24(20)35-29(31)19-9-5-4-6-10-19)34-18(2)27(28(22)30)21-11-12-23-26(16-21)33-14-7-13-32-23/h4-6,9-12,15-17H,3,7-8,13-14H2,1-2H3. The van der Waals surface area contributed by atoms with Crippen molar-refractivity contribution < 1.29 is 23.4 Å². The average molecular weight is 471 g/mol. The molecule has 35 heavy (non-hydrogen) atoms. The van der Waals surface area contributed by atoms with E-state index in [4.69, 9.17) is 18.6 Å². The molecule has 1 aliphatic heterocycles. The molecule has 0 spiro atoms. The van der Waals surface area contributed by atoms with Gasteiger partial charge in [0.15, 0.2) is 11.5 Å². The molecule has 0 N–H and O–H groups in total. The number of carbonyl (C=O) groups excluding carboxylic acids is 1. The molecule has 178 valence electrons. The van der Waals surface area contributed by atoms with Gasteiger partial charge in [0.2, 0.25) is 5.43 Å². The van der Waals surface area contributed by atoms with E-state index in [0.29, 0.717) is 70.3 Å². The highest BCUT2D eigenvalue weighted by atomic mass is 16.5. The lowest BCUT2D eigenvalue weighted by Gasteiger charge is -2.14. The molecule has 1 aromatic heterocycles. The fourth-order valence-electron chi connectivity index (χ4n) is 4.32. The molecule has 5 rings (SSSR count). The lowest BCUT2D eigenvalue weighted by molar-refractivity contribution is 0.0733. The monoisotopic (exact) mass is 470 g/mol. The van der Waals surface area contributed by atoms with Crippen molar-refractivity contribution in [2.24, 2.45) is 0 Å². The number of esters is 1. The SMILES string of the molecule is CCCc1cc2c(=O)c(-c3ccc4c(c3)OCCCO4)c(C)oc2cc1OC(=O)c1ccccc1. The van der Waals surface area contributed by atoms with Gasteiger partial charge in [0.25, 0.3) is 0 Å². The lowest BCUT2D eigenvalue weighted by atomic mass is 9.99. The first-order valence-electron chi connectivity index (χ1n) is 11.8. The molecule has 0 saturated carbocycles. The summed E-state index contributed by atoms with van der Waals surface area (Å²) in [6.07, 6.45) is 2.28. The van der Waals surface area contributed by atoms with E-state index < -0.39 is 5.97 Å². The maximum absolute atomic E-state index is 13.7. The second-order valence-electron chi connectivity index (χ2n) is 8.54. The number of aryl methyl sites for hydroxylation is 2. The van der Waals surface area contributed by atoms with Gasteiger partial charge in [-0.3, -0.25) is 4.79 Å². The average Bonchev–Trinajstić information content (AvgIpc) is 3.11. The molecule has 3 aromatic carbocycles. The molecular weight excluding hydrogens is 444 g/mol. The predicted octanol–water partition coefficient (Wildman–Crippen LogP) is 6.10. The fraction of sp³-hybridized carbons (Fsp3) is 0.241. The van der Waals surface area contributed by atoms with Gasteiger partial charge >= 0.3 is 5.97 Å². The summed E-state index contributed by atoms with van der Waals surface area (Å²) >= 11 is 0. The summed E-state index contributed by atoms with van der Waals surface area (Å²) in [7, 11) is 0. The van der Waals surface area contributed by atoms with Crippen molar-refractivity contribution >= 4 is 16.9 Å². The van der Waals surface area contributed by atoms with Crippen molar-refractivity contribution in [2.75, 3.05) is 13.2 Å². The number of hydrogen-bond donors (Lipinski definition) is 0. The molecule has 1 aliphatic rings. The molecule has 4 aromatic rings. The highest BCUT2D eigenvalue weighted by molar-refractivity contribution is 5.92. The van der Waals surface area contributed by atoms with Crippen LogP contribution in [0.4, 0.5) is 0 Å². The van der Waals surface area contributed by atoms with Crippen LogP contribution in [-0.4, -0.2) is 19.2 Å². The van der Waals surface area contributed by atoms with Gasteiger partial charge < -0.3 is 18.6 Å². The molecule has 0 fully saturated rings. The molecule has 6 nitrogen and oxygen atoms in total. The van der Waals surface area contributed by atoms with Crippen LogP contribution in [0.3, 0.4) is 0 Å². The maximum Gasteiger partial charge on any atom is 0.343 e. The van der Waals surface area contributed by atoms with Crippen LogP contribution in [0.1, 0.15) is 41.4 Å². The molecule has 6 heteroatoms. The van der Waals surface area contributed by atoms with Gasteiger partial charge in [0, 0.05) is 12.5 Å². The first-order chi connectivity index (χ1) is 17.0. The molecule has 0 saturated heterocycles. The minimum absolute atomic E-state index is 0.142. The summed E-state index contributed by atoms with van der Waals surface area (Å²) in [4.78, 5) is 26.3. The topological polar surface area (TPSA) is 75.0 Å². The second kappa shape index (κ2) is 9.66. The Morgan fingerprint density at radius 1 is 0.971 bits per heavy atom. The van der Waals surface area contributed by atoms with E-state index in [0.717, 1.165) is 18.4 Å². The van der Waals surface area contributed by atoms with Gasteiger partial charge in [0.05, 0.1) is 29.7 Å². The quantitative estimate of drug-likeness (QED) is 0.259. The Labute approximate surface area is 203 Å². The first-order valence-corrected chi connectivity index (χ1v) is 11.8. The molecule has 0 amide bonds. The van der Waals surface area contributed by atoms with Gasteiger partial charge in [-0.05, 0) is 54.8 Å². The normalized spacial score (nSPS) is 12.9. The highest BCUT2D eigenvalue weighted by Crippen LogP contribution is 2.36. The number of carbonyl (C=O) groups is 1. The van der Waals surface area contributed by atoms with E-state index in [9.17, 15) is 9.59 Å². The Hall–Kier alpha value is -4.06. The van der Waals surface area contributed by atoms with Gasteiger partial charge in [-0.1, -0.05) is 37.6 Å². The highest BCUT2D eigenvalue weighted by Gasteiger charge is 2.20. The summed E-state index contributed by atoms with van der Waals surface area (Å²) in [5.41, 5.74) is 2.66. The van der Waals surface area contributed by atoms with Gasteiger partial charge in [-0.15, -0.1) is 0 Å². The summed E-state index contributed by atoms with van der Waals surface area (Å²) in [5.74, 6) is 1.71. The van der Waals surface area contributed by atoms with Crippen LogP contribution in [-0.2, 0) is 6.42 Å². The van der Waals surface area contributed by atoms with E-state index in [1.807, 2.05) is 31.2 Å². The summed E-state index contributed by atoms with van der Waals surface area (Å²) in [6.45, 7) is 4.95. The molecule has 2 heterocycles. The third kappa shape index (κ3) is 4.52. The number of rotatable bonds is 5. The van der Waals surface area contributed by atoms with E-state index in [-0.39, 0.29) is 5.43 Å². The number of benzene rings is 3. The maximum atomic E-state index is 13.7. The summed E-state index contributed by atoms with van der Waals surface area (Å²) in [5, 5.41) is 0.445. The van der Waals surface area contributed by atoms with Crippen molar-refractivity contribution in [1.82, 2.24) is 0 Å². The van der Waals surface area contributed by atoms with Crippen LogP contribution in [0.25, 0.3) is 22.1 Å². The van der Waals surface area contributed by atoms with Crippen molar-refractivity contribution in [3.8, 4) is 28.4 Å². The molecule has 0 bridgehead atoms. The Balaban J connectivity index is 1.59. The molecule has 0 radical (unpaired) electrons. The predicted molar refractivity (Wildman–Crippen MR) is 134 cm³/mol. The number of fused-ring (bicyclic) bond motifs is 2.